The molecule has 74 valence electrons. The van der Waals surface area contributed by atoms with Gasteiger partial charge in [0.25, 0.3) is 0 Å². The van der Waals surface area contributed by atoms with Crippen molar-refractivity contribution in [2.45, 2.75) is 46.6 Å². The Labute approximate surface area is 80.1 Å². The molecule has 0 bridgehead atoms. The summed E-state index contributed by atoms with van der Waals surface area (Å²) in [4.78, 5) is 0. The summed E-state index contributed by atoms with van der Waals surface area (Å²) in [6.45, 7) is 10.8. The van der Waals surface area contributed by atoms with Crippen LogP contribution in [0, 0.1) is 5.92 Å². The van der Waals surface area contributed by atoms with Crippen molar-refractivity contribution in [2.24, 2.45) is 5.92 Å². The second kappa shape index (κ2) is 3.48. The van der Waals surface area contributed by atoms with Gasteiger partial charge in [0.1, 0.15) is 0 Å². The van der Waals surface area contributed by atoms with Crippen LogP contribution in [0.3, 0.4) is 0 Å². The third-order valence-electron chi connectivity index (χ3n) is 1.87. The van der Waals surface area contributed by atoms with Crippen molar-refractivity contribution >= 4 is 0 Å². The molecule has 0 aliphatic carbocycles. The van der Waals surface area contributed by atoms with E-state index < -0.39 is 0 Å². The predicted octanol–water partition coefficient (Wildman–Crippen LogP) is 2.23. The molecule has 3 nitrogen and oxygen atoms in total. The molecule has 1 heterocycles. The molecule has 0 fully saturated rings. The Morgan fingerprint density at radius 2 is 2.00 bits per heavy atom. The van der Waals surface area contributed by atoms with Crippen molar-refractivity contribution in [2.75, 3.05) is 0 Å². The Bertz CT molecular complexity index is 268. The average Bonchev–Trinajstić information content (AvgIpc) is 2.31. The zero-order valence-corrected chi connectivity index (χ0v) is 9.20. The highest BCUT2D eigenvalue weighted by atomic mass is 15.4. The first-order valence-corrected chi connectivity index (χ1v) is 4.81. The molecule has 0 unspecified atom stereocenters. The van der Waals surface area contributed by atoms with Gasteiger partial charge in [-0.2, -0.15) is 0 Å². The molecule has 0 saturated heterocycles. The first-order valence-electron chi connectivity index (χ1n) is 4.81. The van der Waals surface area contributed by atoms with E-state index >= 15 is 0 Å². The first kappa shape index (κ1) is 10.2. The molecule has 0 aliphatic rings. The van der Waals surface area contributed by atoms with E-state index in [2.05, 4.69) is 44.9 Å². The maximum atomic E-state index is 4.11. The van der Waals surface area contributed by atoms with Crippen molar-refractivity contribution < 1.29 is 0 Å². The second-order valence-corrected chi connectivity index (χ2v) is 4.91. The van der Waals surface area contributed by atoms with Crippen LogP contribution in [-0.2, 0) is 12.0 Å². The van der Waals surface area contributed by atoms with Crippen molar-refractivity contribution in [3.8, 4) is 0 Å². The second-order valence-electron chi connectivity index (χ2n) is 4.91. The molecule has 0 N–H and O–H groups in total. The summed E-state index contributed by atoms with van der Waals surface area (Å²) in [6.07, 6.45) is 2.91. The van der Waals surface area contributed by atoms with Gasteiger partial charge in [-0.05, 0) is 33.1 Å². The Hall–Kier alpha value is -0.860. The first-order chi connectivity index (χ1) is 5.91. The van der Waals surface area contributed by atoms with Crippen LogP contribution in [0.1, 0.15) is 40.3 Å². The van der Waals surface area contributed by atoms with Gasteiger partial charge < -0.3 is 0 Å². The molecule has 0 atom stereocenters. The SMILES string of the molecule is CC(C)Cc1cnnn1C(C)(C)C. The van der Waals surface area contributed by atoms with E-state index in [9.17, 15) is 0 Å². The Morgan fingerprint density at radius 1 is 1.38 bits per heavy atom. The molecule has 0 radical (unpaired) electrons. The van der Waals surface area contributed by atoms with Crippen LogP contribution in [-0.4, -0.2) is 15.0 Å². The summed E-state index contributed by atoms with van der Waals surface area (Å²) in [5, 5.41) is 8.06. The zero-order chi connectivity index (χ0) is 10.1. The molecule has 0 amide bonds. The molecule has 1 rings (SSSR count). The minimum absolute atomic E-state index is 0.0424. The minimum atomic E-state index is 0.0424. The smallest absolute Gasteiger partial charge is 0.0725 e. The van der Waals surface area contributed by atoms with E-state index in [-0.39, 0.29) is 5.54 Å². The van der Waals surface area contributed by atoms with E-state index in [0.717, 1.165) is 6.42 Å². The van der Waals surface area contributed by atoms with Gasteiger partial charge in [-0.1, -0.05) is 19.1 Å². The van der Waals surface area contributed by atoms with Gasteiger partial charge in [0, 0.05) is 0 Å². The molecular formula is C10H19N3. The van der Waals surface area contributed by atoms with Gasteiger partial charge in [-0.15, -0.1) is 5.10 Å². The maximum absolute atomic E-state index is 4.11. The van der Waals surface area contributed by atoms with Crippen molar-refractivity contribution in [3.63, 3.8) is 0 Å². The van der Waals surface area contributed by atoms with Crippen LogP contribution in [0.2, 0.25) is 0 Å². The van der Waals surface area contributed by atoms with Gasteiger partial charge in [0.2, 0.25) is 0 Å². The highest BCUT2D eigenvalue weighted by Gasteiger charge is 2.18. The molecule has 13 heavy (non-hydrogen) atoms. The number of aromatic nitrogens is 3. The van der Waals surface area contributed by atoms with Gasteiger partial charge in [-0.25, -0.2) is 4.68 Å². The lowest BCUT2D eigenvalue weighted by molar-refractivity contribution is 0.331. The fourth-order valence-corrected chi connectivity index (χ4v) is 1.38. The van der Waals surface area contributed by atoms with E-state index in [4.69, 9.17) is 0 Å². The standard InChI is InChI=1S/C10H19N3/c1-8(2)6-9-7-11-12-13(9)10(3,4)5/h7-8H,6H2,1-5H3. The van der Waals surface area contributed by atoms with Crippen LogP contribution in [0.25, 0.3) is 0 Å². The molecule has 0 aromatic carbocycles. The van der Waals surface area contributed by atoms with Gasteiger partial charge in [-0.3, -0.25) is 0 Å². The molecular weight excluding hydrogens is 162 g/mol. The maximum Gasteiger partial charge on any atom is 0.0725 e. The Morgan fingerprint density at radius 3 is 2.46 bits per heavy atom. The van der Waals surface area contributed by atoms with E-state index in [1.54, 1.807) is 0 Å². The summed E-state index contributed by atoms with van der Waals surface area (Å²) in [5.74, 6) is 0.652. The molecule has 0 aliphatic heterocycles. The molecule has 0 spiro atoms. The van der Waals surface area contributed by atoms with Gasteiger partial charge >= 0.3 is 0 Å². The lowest BCUT2D eigenvalue weighted by Crippen LogP contribution is -2.25. The largest absolute Gasteiger partial charge is 0.244 e. The Kier molecular flexibility index (Phi) is 2.74. The quantitative estimate of drug-likeness (QED) is 0.700. The lowest BCUT2D eigenvalue weighted by Gasteiger charge is -2.21. The van der Waals surface area contributed by atoms with Gasteiger partial charge in [0.05, 0.1) is 17.4 Å². The molecule has 0 saturated carbocycles. The topological polar surface area (TPSA) is 30.7 Å². The lowest BCUT2D eigenvalue weighted by atomic mass is 10.1. The van der Waals surface area contributed by atoms with Crippen molar-refractivity contribution in [1.29, 1.82) is 0 Å². The Balaban J connectivity index is 2.90. The summed E-state index contributed by atoms with van der Waals surface area (Å²) in [7, 11) is 0. The van der Waals surface area contributed by atoms with E-state index in [1.807, 2.05) is 10.9 Å². The third-order valence-corrected chi connectivity index (χ3v) is 1.87. The third kappa shape index (κ3) is 2.54. The number of hydrogen-bond donors (Lipinski definition) is 0. The molecule has 1 aromatic heterocycles. The van der Waals surface area contributed by atoms with E-state index in [1.165, 1.54) is 5.69 Å². The fourth-order valence-electron chi connectivity index (χ4n) is 1.38. The summed E-state index contributed by atoms with van der Waals surface area (Å²) in [6, 6.07) is 0. The average molecular weight is 181 g/mol. The van der Waals surface area contributed by atoms with Crippen LogP contribution < -0.4 is 0 Å². The highest BCUT2D eigenvalue weighted by Crippen LogP contribution is 2.16. The van der Waals surface area contributed by atoms with Crippen molar-refractivity contribution in [1.82, 2.24) is 15.0 Å². The zero-order valence-electron chi connectivity index (χ0n) is 9.20. The summed E-state index contributed by atoms with van der Waals surface area (Å²) >= 11 is 0. The monoisotopic (exact) mass is 181 g/mol. The number of rotatable bonds is 2. The summed E-state index contributed by atoms with van der Waals surface area (Å²) < 4.78 is 2.01. The normalized spacial score (nSPS) is 12.5. The number of nitrogens with zero attached hydrogens (tertiary/aromatic N) is 3. The predicted molar refractivity (Wildman–Crippen MR) is 53.6 cm³/mol. The fraction of sp³-hybridized carbons (Fsp3) is 0.800. The summed E-state index contributed by atoms with van der Waals surface area (Å²) in [5.41, 5.74) is 1.27. The van der Waals surface area contributed by atoms with Gasteiger partial charge in [0.15, 0.2) is 0 Å². The van der Waals surface area contributed by atoms with Crippen LogP contribution in [0.4, 0.5) is 0 Å². The van der Waals surface area contributed by atoms with Crippen LogP contribution in [0.5, 0.6) is 0 Å². The minimum Gasteiger partial charge on any atom is -0.244 e. The molecule has 1 aromatic rings. The highest BCUT2D eigenvalue weighted by molar-refractivity contribution is 4.98. The molecule has 3 heteroatoms. The number of hydrogen-bond acceptors (Lipinski definition) is 2. The van der Waals surface area contributed by atoms with Crippen molar-refractivity contribution in [3.05, 3.63) is 11.9 Å². The van der Waals surface area contributed by atoms with Crippen LogP contribution in [0.15, 0.2) is 6.20 Å². The van der Waals surface area contributed by atoms with E-state index in [0.29, 0.717) is 5.92 Å². The van der Waals surface area contributed by atoms with Crippen LogP contribution >= 0.6 is 0 Å².